The van der Waals surface area contributed by atoms with Crippen molar-refractivity contribution in [3.05, 3.63) is 63.3 Å². The fourth-order valence-electron chi connectivity index (χ4n) is 13.1. The van der Waals surface area contributed by atoms with Gasteiger partial charge in [-0.2, -0.15) is 4.72 Å². The average molecular weight is 1130 g/mol. The molecule has 6 fully saturated rings. The second-order valence-electron chi connectivity index (χ2n) is 23.6. The highest BCUT2D eigenvalue weighted by atomic mass is 35.5. The quantitative estimate of drug-likeness (QED) is 0.0467. The lowest BCUT2D eigenvalue weighted by molar-refractivity contribution is -0.143. The van der Waals surface area contributed by atoms with E-state index in [1.54, 1.807) is 4.90 Å². The zero-order valence-corrected chi connectivity index (χ0v) is 49.0. The molecule has 0 unspecified atom stereocenters. The number of aliphatic imine (C=N–C) groups is 2. The lowest BCUT2D eigenvalue weighted by atomic mass is 9.95. The molecule has 18 heteroatoms. The van der Waals surface area contributed by atoms with Gasteiger partial charge in [0.25, 0.3) is 0 Å². The number of nitrogens with one attached hydrogen (secondary N) is 5. The summed E-state index contributed by atoms with van der Waals surface area (Å²) in [6.07, 6.45) is 28.1. The van der Waals surface area contributed by atoms with Gasteiger partial charge < -0.3 is 35.8 Å². The van der Waals surface area contributed by atoms with E-state index in [-0.39, 0.29) is 45.8 Å². The van der Waals surface area contributed by atoms with Crippen molar-refractivity contribution in [3.63, 3.8) is 0 Å². The summed E-state index contributed by atoms with van der Waals surface area (Å²) in [7, 11) is -4.34. The number of nitrogens with zero attached hydrogens (tertiary/aromatic N) is 5. The Morgan fingerprint density at radius 3 is 1.82 bits per heavy atom. The fraction of sp³-hybridized carbons (Fsp3) is 0.683. The van der Waals surface area contributed by atoms with Gasteiger partial charge in [0, 0.05) is 85.0 Å². The zero-order valence-electron chi connectivity index (χ0n) is 46.6. The normalized spacial score (nSPS) is 20.5. The molecule has 1 aromatic heterocycles. The molecule has 5 N–H and O–H groups in total. The van der Waals surface area contributed by atoms with Crippen LogP contribution in [0.3, 0.4) is 0 Å². The first-order chi connectivity index (χ1) is 37.8. The third-order valence-electron chi connectivity index (χ3n) is 17.5. The van der Waals surface area contributed by atoms with E-state index < -0.39 is 15.6 Å². The Kier molecular flexibility index (Phi) is 20.8. The Bertz CT molecular complexity index is 2620. The van der Waals surface area contributed by atoms with Crippen molar-refractivity contribution >= 4 is 67.9 Å². The number of hydrogen-bond donors (Lipinski definition) is 5. The highest BCUT2D eigenvalue weighted by molar-refractivity contribution is 7.89. The van der Waals surface area contributed by atoms with Crippen LogP contribution < -0.4 is 30.7 Å². The van der Waals surface area contributed by atoms with E-state index in [0.717, 1.165) is 60.7 Å². The molecule has 2 amide bonds. The van der Waals surface area contributed by atoms with Crippen LogP contribution in [-0.2, 0) is 26.2 Å². The number of guanidine groups is 2. The van der Waals surface area contributed by atoms with E-state index in [4.69, 9.17) is 42.9 Å². The number of sulfonamides is 1. The average Bonchev–Trinajstić information content (AvgIpc) is 4.00. The van der Waals surface area contributed by atoms with Crippen LogP contribution in [0.15, 0.2) is 51.3 Å². The third kappa shape index (κ3) is 15.5. The van der Waals surface area contributed by atoms with Gasteiger partial charge in [0.2, 0.25) is 21.8 Å². The van der Waals surface area contributed by atoms with Gasteiger partial charge in [-0.3, -0.25) is 14.6 Å². The van der Waals surface area contributed by atoms with Gasteiger partial charge in [0.05, 0.1) is 11.1 Å². The molecule has 5 saturated carbocycles. The number of halogens is 2. The van der Waals surface area contributed by atoms with E-state index in [1.807, 2.05) is 43.0 Å². The fourth-order valence-corrected chi connectivity index (χ4v) is 15.4. The number of fused-ring (bicyclic) bond motifs is 1. The van der Waals surface area contributed by atoms with E-state index >= 15 is 0 Å². The smallest absolute Gasteiger partial charge is 0.243 e. The Morgan fingerprint density at radius 2 is 1.26 bits per heavy atom. The summed E-state index contributed by atoms with van der Waals surface area (Å²) in [6.45, 7) is 5.78. The van der Waals surface area contributed by atoms with Gasteiger partial charge >= 0.3 is 0 Å². The molecule has 78 heavy (non-hydrogen) atoms. The van der Waals surface area contributed by atoms with Crippen LogP contribution in [0.25, 0.3) is 10.9 Å². The molecule has 0 bridgehead atoms. The number of carbonyl (C=O) groups is 2. The SMILES string of the molecule is Cc1cc(C)c2cccc(OCc3c(Cl)ccc(S(=O)(=O)NC4(C(=O)N5CCN(C(=O)C[C@H](CCCN=C(NC6CCCCC6)NC6CCCCC6)N=C(NC6CCCCC6)NC6CCCCC6)CC5)CCCC4)c3Cl)c2n1. The molecular formula is C60H88Cl2N10O5S. The number of ether oxygens (including phenoxy) is 1. The van der Waals surface area contributed by atoms with Crippen molar-refractivity contribution in [2.24, 2.45) is 9.98 Å². The first kappa shape index (κ1) is 58.3. The molecule has 3 aromatic rings. The Labute approximate surface area is 475 Å². The molecule has 6 aliphatic rings. The Balaban J connectivity index is 0.864. The molecule has 2 heterocycles. The minimum Gasteiger partial charge on any atom is -0.487 e. The number of para-hydroxylation sites is 1. The largest absolute Gasteiger partial charge is 0.487 e. The zero-order chi connectivity index (χ0) is 54.5. The summed E-state index contributed by atoms with van der Waals surface area (Å²) < 4.78 is 38.1. The molecule has 5 aliphatic carbocycles. The number of carbonyl (C=O) groups excluding carboxylic acids is 2. The first-order valence-corrected chi connectivity index (χ1v) is 32.3. The monoisotopic (exact) mass is 1130 g/mol. The number of hydrogen-bond acceptors (Lipinski definition) is 8. The van der Waals surface area contributed by atoms with E-state index in [0.29, 0.717) is 106 Å². The van der Waals surface area contributed by atoms with Crippen molar-refractivity contribution in [1.29, 1.82) is 0 Å². The summed E-state index contributed by atoms with van der Waals surface area (Å²) in [5.41, 5.74) is 1.56. The topological polar surface area (TPSA) is 182 Å². The molecule has 9 rings (SSSR count). The molecule has 0 spiro atoms. The number of rotatable bonds is 18. The highest BCUT2D eigenvalue weighted by Crippen LogP contribution is 2.38. The van der Waals surface area contributed by atoms with E-state index in [1.165, 1.54) is 115 Å². The van der Waals surface area contributed by atoms with Crippen molar-refractivity contribution in [2.45, 2.75) is 234 Å². The Hall–Kier alpha value is -4.38. The number of aromatic nitrogens is 1. The minimum absolute atomic E-state index is 0.0167. The van der Waals surface area contributed by atoms with Crippen LogP contribution in [0.2, 0.25) is 10.0 Å². The van der Waals surface area contributed by atoms with Crippen LogP contribution in [0.4, 0.5) is 0 Å². The van der Waals surface area contributed by atoms with Crippen molar-refractivity contribution in [3.8, 4) is 5.75 Å². The predicted octanol–water partition coefficient (Wildman–Crippen LogP) is 10.9. The summed E-state index contributed by atoms with van der Waals surface area (Å²) in [6, 6.07) is 12.0. The van der Waals surface area contributed by atoms with Gasteiger partial charge in [-0.25, -0.2) is 18.4 Å². The maximum atomic E-state index is 14.7. The molecule has 15 nitrogen and oxygen atoms in total. The second-order valence-corrected chi connectivity index (χ2v) is 26.0. The molecule has 1 atom stereocenters. The van der Waals surface area contributed by atoms with E-state index in [9.17, 15) is 18.0 Å². The lowest BCUT2D eigenvalue weighted by Gasteiger charge is -2.40. The van der Waals surface area contributed by atoms with Crippen molar-refractivity contribution in [1.82, 2.24) is 40.8 Å². The number of benzene rings is 2. The number of pyridine rings is 1. The van der Waals surface area contributed by atoms with Crippen LogP contribution in [0, 0.1) is 13.8 Å². The summed E-state index contributed by atoms with van der Waals surface area (Å²) >= 11 is 13.6. The van der Waals surface area contributed by atoms with Crippen LogP contribution in [0.1, 0.15) is 190 Å². The van der Waals surface area contributed by atoms with E-state index in [2.05, 4.69) is 26.0 Å². The van der Waals surface area contributed by atoms with Gasteiger partial charge in [0.1, 0.15) is 28.3 Å². The summed E-state index contributed by atoms with van der Waals surface area (Å²) in [4.78, 5) is 48.0. The van der Waals surface area contributed by atoms with Gasteiger partial charge in [0.15, 0.2) is 11.9 Å². The summed E-state index contributed by atoms with van der Waals surface area (Å²) in [5, 5.41) is 16.5. The standard InChI is InChI=1S/C60H88Cl2N10O5S/c1-42-39-43(2)64-56-49(42)28-17-29-52(56)77-41-50-51(61)30-31-53(55(50)62)78(75,76)70-60(32-15-16-33-60)57(74)72-37-35-71(36-38-72)54(73)40-48(69-59(67-46-23-11-5-12-24-46)68-47-25-13-6-14-26-47)27-18-34-63-58(65-44-19-7-3-8-20-44)66-45-21-9-4-10-22-45/h17,28-31,39,44-48,70H,3-16,18-27,32-38,40-41H2,1-2H3,(H2,63,65,66)(H2,67,68,69)/t48-/m0/s1. The third-order valence-corrected chi connectivity index (χ3v) is 20.0. The highest BCUT2D eigenvalue weighted by Gasteiger charge is 2.48. The number of aryl methyl sites for hydroxylation is 2. The molecular weight excluding hydrogens is 1040 g/mol. The first-order valence-electron chi connectivity index (χ1n) is 30.1. The predicted molar refractivity (Wildman–Crippen MR) is 314 cm³/mol. The van der Waals surface area contributed by atoms with Gasteiger partial charge in [-0.1, -0.05) is 125 Å². The number of amides is 2. The minimum atomic E-state index is -4.34. The number of piperazine rings is 1. The molecule has 0 radical (unpaired) electrons. The molecule has 1 saturated heterocycles. The summed E-state index contributed by atoms with van der Waals surface area (Å²) in [5.74, 6) is 2.04. The molecule has 2 aromatic carbocycles. The van der Waals surface area contributed by atoms with Crippen molar-refractivity contribution < 1.29 is 22.7 Å². The molecule has 428 valence electrons. The maximum Gasteiger partial charge on any atom is 0.243 e. The lowest BCUT2D eigenvalue weighted by Crippen LogP contribution is -2.61. The molecule has 1 aliphatic heterocycles. The van der Waals surface area contributed by atoms with Crippen LogP contribution >= 0.6 is 23.2 Å². The second kappa shape index (κ2) is 27.9. The Morgan fingerprint density at radius 1 is 0.718 bits per heavy atom. The van der Waals surface area contributed by atoms with Gasteiger partial charge in [-0.05, 0) is 121 Å². The maximum absolute atomic E-state index is 14.7. The van der Waals surface area contributed by atoms with Gasteiger partial charge in [-0.15, -0.1) is 0 Å². The van der Waals surface area contributed by atoms with Crippen LogP contribution in [0.5, 0.6) is 5.75 Å². The van der Waals surface area contributed by atoms with Crippen molar-refractivity contribution in [2.75, 3.05) is 32.7 Å². The van der Waals surface area contributed by atoms with Crippen LogP contribution in [-0.4, -0.2) is 115 Å².